The van der Waals surface area contributed by atoms with Crippen LogP contribution >= 0.6 is 0 Å². The predicted octanol–water partition coefficient (Wildman–Crippen LogP) is 5.44. The van der Waals surface area contributed by atoms with Gasteiger partial charge in [0.05, 0.1) is 11.3 Å². The third-order valence-corrected chi connectivity index (χ3v) is 6.31. The fourth-order valence-corrected chi connectivity index (χ4v) is 4.51. The van der Waals surface area contributed by atoms with E-state index in [1.54, 1.807) is 12.4 Å². The minimum atomic E-state index is -4.35. The highest BCUT2D eigenvalue weighted by Crippen LogP contribution is 2.31. The molecule has 3 heterocycles. The van der Waals surface area contributed by atoms with Crippen LogP contribution in [0.3, 0.4) is 0 Å². The van der Waals surface area contributed by atoms with Crippen molar-refractivity contribution in [2.75, 3.05) is 6.54 Å². The molecule has 33 heavy (non-hydrogen) atoms. The first-order valence-electron chi connectivity index (χ1n) is 11.3. The van der Waals surface area contributed by atoms with Crippen LogP contribution in [0, 0.1) is 0 Å². The molecule has 172 valence electrons. The fourth-order valence-electron chi connectivity index (χ4n) is 4.51. The van der Waals surface area contributed by atoms with Gasteiger partial charge in [-0.2, -0.15) is 13.2 Å². The standard InChI is InChI=1S/C25H25F3N4O/c26-25(27,28)20-9-7-17(8-10-20)23-30-14-19-16-32(13-11-22(19)31-23)15-18-4-3-12-29-24(18)33-21-5-1-2-6-21/h3-4,7-10,12,14,21H,1-2,5-6,11,13,15-16H2. The van der Waals surface area contributed by atoms with E-state index >= 15 is 0 Å². The summed E-state index contributed by atoms with van der Waals surface area (Å²) in [4.78, 5) is 15.9. The van der Waals surface area contributed by atoms with E-state index in [0.717, 1.165) is 67.2 Å². The minimum Gasteiger partial charge on any atom is -0.474 e. The van der Waals surface area contributed by atoms with Gasteiger partial charge in [0.2, 0.25) is 5.88 Å². The normalized spacial score (nSPS) is 17.2. The highest BCUT2D eigenvalue weighted by Gasteiger charge is 2.30. The molecule has 0 spiro atoms. The molecule has 0 radical (unpaired) electrons. The molecule has 1 aliphatic carbocycles. The topological polar surface area (TPSA) is 51.1 Å². The summed E-state index contributed by atoms with van der Waals surface area (Å²) < 4.78 is 44.6. The van der Waals surface area contributed by atoms with E-state index < -0.39 is 11.7 Å². The van der Waals surface area contributed by atoms with Crippen molar-refractivity contribution in [1.29, 1.82) is 0 Å². The molecule has 3 aromatic rings. The maximum atomic E-state index is 12.8. The number of halogens is 3. The van der Waals surface area contributed by atoms with Crippen molar-refractivity contribution in [3.05, 3.63) is 71.2 Å². The van der Waals surface area contributed by atoms with Gasteiger partial charge in [-0.1, -0.05) is 18.2 Å². The van der Waals surface area contributed by atoms with Gasteiger partial charge in [-0.15, -0.1) is 0 Å². The Morgan fingerprint density at radius 3 is 2.58 bits per heavy atom. The number of benzene rings is 1. The number of hydrogen-bond acceptors (Lipinski definition) is 5. The van der Waals surface area contributed by atoms with E-state index in [9.17, 15) is 13.2 Å². The summed E-state index contributed by atoms with van der Waals surface area (Å²) in [6, 6.07) is 8.99. The molecular weight excluding hydrogens is 429 g/mol. The van der Waals surface area contributed by atoms with Crippen LogP contribution in [-0.4, -0.2) is 32.5 Å². The molecule has 0 unspecified atom stereocenters. The second-order valence-corrected chi connectivity index (χ2v) is 8.69. The summed E-state index contributed by atoms with van der Waals surface area (Å²) in [7, 11) is 0. The Balaban J connectivity index is 1.28. The van der Waals surface area contributed by atoms with Crippen molar-refractivity contribution in [1.82, 2.24) is 19.9 Å². The van der Waals surface area contributed by atoms with E-state index in [-0.39, 0.29) is 6.10 Å². The Morgan fingerprint density at radius 1 is 1.03 bits per heavy atom. The largest absolute Gasteiger partial charge is 0.474 e. The zero-order valence-electron chi connectivity index (χ0n) is 18.2. The summed E-state index contributed by atoms with van der Waals surface area (Å²) in [5.74, 6) is 1.18. The van der Waals surface area contributed by atoms with Gasteiger partial charge in [0.1, 0.15) is 6.10 Å². The van der Waals surface area contributed by atoms with Crippen LogP contribution in [0.5, 0.6) is 5.88 Å². The molecule has 1 saturated carbocycles. The van der Waals surface area contributed by atoms with Crippen molar-refractivity contribution in [3.8, 4) is 17.3 Å². The Labute approximate surface area is 190 Å². The first-order chi connectivity index (χ1) is 16.0. The lowest BCUT2D eigenvalue weighted by molar-refractivity contribution is -0.137. The van der Waals surface area contributed by atoms with Crippen molar-refractivity contribution >= 4 is 0 Å². The zero-order chi connectivity index (χ0) is 22.8. The van der Waals surface area contributed by atoms with E-state index in [0.29, 0.717) is 17.9 Å². The maximum Gasteiger partial charge on any atom is 0.416 e. The number of hydrogen-bond donors (Lipinski definition) is 0. The number of fused-ring (bicyclic) bond motifs is 1. The number of alkyl halides is 3. The smallest absolute Gasteiger partial charge is 0.416 e. The third-order valence-electron chi connectivity index (χ3n) is 6.31. The van der Waals surface area contributed by atoms with Gasteiger partial charge < -0.3 is 4.74 Å². The lowest BCUT2D eigenvalue weighted by Gasteiger charge is -2.28. The molecule has 1 fully saturated rings. The highest BCUT2D eigenvalue weighted by atomic mass is 19.4. The Morgan fingerprint density at radius 2 is 1.82 bits per heavy atom. The van der Waals surface area contributed by atoms with E-state index in [1.165, 1.54) is 25.0 Å². The third kappa shape index (κ3) is 5.00. The lowest BCUT2D eigenvalue weighted by Crippen LogP contribution is -2.31. The van der Waals surface area contributed by atoms with Gasteiger partial charge in [0, 0.05) is 55.1 Å². The van der Waals surface area contributed by atoms with Crippen LogP contribution in [0.2, 0.25) is 0 Å². The van der Waals surface area contributed by atoms with Gasteiger partial charge in [0.15, 0.2) is 5.82 Å². The Hall–Kier alpha value is -3.00. The van der Waals surface area contributed by atoms with Crippen LogP contribution in [0.15, 0.2) is 48.8 Å². The Bertz CT molecular complexity index is 1110. The molecule has 0 bridgehead atoms. The predicted molar refractivity (Wildman–Crippen MR) is 117 cm³/mol. The van der Waals surface area contributed by atoms with Crippen molar-refractivity contribution in [2.24, 2.45) is 0 Å². The number of aromatic nitrogens is 3. The van der Waals surface area contributed by atoms with Gasteiger partial charge in [0.25, 0.3) is 0 Å². The van der Waals surface area contributed by atoms with E-state index in [4.69, 9.17) is 4.74 Å². The summed E-state index contributed by atoms with van der Waals surface area (Å²) >= 11 is 0. The molecule has 0 N–H and O–H groups in total. The fraction of sp³-hybridized carbons (Fsp3) is 0.400. The van der Waals surface area contributed by atoms with E-state index in [1.807, 2.05) is 6.07 Å². The molecular formula is C25H25F3N4O. The van der Waals surface area contributed by atoms with Gasteiger partial charge >= 0.3 is 6.18 Å². The molecule has 1 aliphatic heterocycles. The zero-order valence-corrected chi connectivity index (χ0v) is 18.2. The number of ether oxygens (including phenoxy) is 1. The first-order valence-corrected chi connectivity index (χ1v) is 11.3. The molecule has 0 saturated heterocycles. The molecule has 0 amide bonds. The first kappa shape index (κ1) is 21.8. The van der Waals surface area contributed by atoms with Crippen LogP contribution < -0.4 is 4.74 Å². The van der Waals surface area contributed by atoms with Crippen LogP contribution in [0.25, 0.3) is 11.4 Å². The molecule has 5 rings (SSSR count). The monoisotopic (exact) mass is 454 g/mol. The molecule has 5 nitrogen and oxygen atoms in total. The highest BCUT2D eigenvalue weighted by molar-refractivity contribution is 5.56. The lowest BCUT2D eigenvalue weighted by atomic mass is 10.1. The average molecular weight is 454 g/mol. The second-order valence-electron chi connectivity index (χ2n) is 8.69. The summed E-state index contributed by atoms with van der Waals surface area (Å²) in [6.07, 6.45) is 4.83. The second kappa shape index (κ2) is 9.09. The SMILES string of the molecule is FC(F)(F)c1ccc(-c2ncc3c(n2)CCN(Cc2cccnc2OC2CCCC2)C3)cc1. The minimum absolute atomic E-state index is 0.262. The summed E-state index contributed by atoms with van der Waals surface area (Å²) in [5, 5.41) is 0. The molecule has 8 heteroatoms. The van der Waals surface area contributed by atoms with Crippen molar-refractivity contribution < 1.29 is 17.9 Å². The summed E-state index contributed by atoms with van der Waals surface area (Å²) in [6.45, 7) is 2.27. The molecule has 2 aliphatic rings. The van der Waals surface area contributed by atoms with E-state index in [2.05, 4.69) is 25.9 Å². The average Bonchev–Trinajstić information content (AvgIpc) is 3.33. The Kier molecular flexibility index (Phi) is 6.01. The van der Waals surface area contributed by atoms with Crippen LogP contribution in [0.4, 0.5) is 13.2 Å². The van der Waals surface area contributed by atoms with Crippen molar-refractivity contribution in [3.63, 3.8) is 0 Å². The van der Waals surface area contributed by atoms with Gasteiger partial charge in [-0.25, -0.2) is 15.0 Å². The van der Waals surface area contributed by atoms with Gasteiger partial charge in [-0.3, -0.25) is 4.90 Å². The van der Waals surface area contributed by atoms with Crippen LogP contribution in [0.1, 0.15) is 48.1 Å². The van der Waals surface area contributed by atoms with Crippen LogP contribution in [-0.2, 0) is 25.7 Å². The molecule has 2 aromatic heterocycles. The molecule has 0 atom stereocenters. The quantitative estimate of drug-likeness (QED) is 0.514. The maximum absolute atomic E-state index is 12.8. The summed E-state index contributed by atoms with van der Waals surface area (Å²) in [5.41, 5.74) is 2.97. The molecule has 1 aromatic carbocycles. The number of pyridine rings is 1. The van der Waals surface area contributed by atoms with Gasteiger partial charge in [-0.05, 0) is 43.9 Å². The number of rotatable bonds is 5. The number of nitrogens with zero attached hydrogens (tertiary/aromatic N) is 4. The van der Waals surface area contributed by atoms with Crippen molar-refractivity contribution in [2.45, 2.75) is 57.5 Å².